The quantitative estimate of drug-likeness (QED) is 0.570. The summed E-state index contributed by atoms with van der Waals surface area (Å²) in [5, 5.41) is 3.52. The molecular formula is C23H37N5O. The maximum atomic E-state index is 11.3. The number of piperidine rings is 1. The number of carbonyl (C=O) groups is 1. The SMILES string of the molecule is CN=C(NCc1cccc(CN2CCCCCC2)c1)N1CCCC(CC(N)=O)C1. The summed E-state index contributed by atoms with van der Waals surface area (Å²) in [6.07, 6.45) is 7.99. The molecule has 6 heteroatoms. The number of rotatable bonds is 6. The third-order valence-electron chi connectivity index (χ3n) is 6.07. The van der Waals surface area contributed by atoms with Crippen LogP contribution in [-0.2, 0) is 17.9 Å². The van der Waals surface area contributed by atoms with Crippen LogP contribution in [0, 0.1) is 5.92 Å². The van der Waals surface area contributed by atoms with Crippen LogP contribution in [-0.4, -0.2) is 54.9 Å². The molecule has 2 aliphatic heterocycles. The Labute approximate surface area is 175 Å². The van der Waals surface area contributed by atoms with E-state index in [1.165, 1.54) is 49.9 Å². The molecule has 1 amide bonds. The van der Waals surface area contributed by atoms with Crippen LogP contribution in [0.15, 0.2) is 29.3 Å². The Morgan fingerprint density at radius 2 is 1.90 bits per heavy atom. The molecule has 1 atom stereocenters. The lowest BCUT2D eigenvalue weighted by Gasteiger charge is -2.34. The minimum atomic E-state index is -0.207. The second-order valence-corrected chi connectivity index (χ2v) is 8.54. The lowest BCUT2D eigenvalue weighted by atomic mass is 9.95. The average Bonchev–Trinajstić information content (AvgIpc) is 2.97. The molecule has 0 spiro atoms. The Morgan fingerprint density at radius 1 is 1.14 bits per heavy atom. The number of benzene rings is 1. The molecule has 160 valence electrons. The third kappa shape index (κ3) is 7.03. The molecule has 1 aromatic carbocycles. The molecule has 1 aromatic rings. The Morgan fingerprint density at radius 3 is 2.62 bits per heavy atom. The number of nitrogens with one attached hydrogen (secondary N) is 1. The van der Waals surface area contributed by atoms with E-state index in [0.29, 0.717) is 12.3 Å². The third-order valence-corrected chi connectivity index (χ3v) is 6.07. The number of hydrogen-bond acceptors (Lipinski definition) is 3. The molecule has 6 nitrogen and oxygen atoms in total. The standard InChI is InChI=1S/C23H37N5O/c1-25-23(28-13-7-10-21(18-28)15-22(24)29)26-16-19-8-6-9-20(14-19)17-27-11-4-2-3-5-12-27/h6,8-9,14,21H,2-5,7,10-13,15-18H2,1H3,(H2,24,29)(H,25,26). The minimum absolute atomic E-state index is 0.207. The first-order valence-electron chi connectivity index (χ1n) is 11.2. The summed E-state index contributed by atoms with van der Waals surface area (Å²) in [6, 6.07) is 8.90. The fraction of sp³-hybridized carbons (Fsp3) is 0.652. The second-order valence-electron chi connectivity index (χ2n) is 8.54. The topological polar surface area (TPSA) is 74.0 Å². The highest BCUT2D eigenvalue weighted by atomic mass is 16.1. The first kappa shape index (κ1) is 21.6. The summed E-state index contributed by atoms with van der Waals surface area (Å²) in [5.74, 6) is 1.04. The number of carbonyl (C=O) groups excluding carboxylic acids is 1. The van der Waals surface area contributed by atoms with E-state index >= 15 is 0 Å². The molecule has 3 rings (SSSR count). The first-order chi connectivity index (χ1) is 14.1. The summed E-state index contributed by atoms with van der Waals surface area (Å²) in [4.78, 5) is 20.6. The van der Waals surface area contributed by atoms with Crippen LogP contribution in [0.1, 0.15) is 56.1 Å². The predicted molar refractivity (Wildman–Crippen MR) is 118 cm³/mol. The van der Waals surface area contributed by atoms with Crippen molar-refractivity contribution in [3.63, 3.8) is 0 Å². The van der Waals surface area contributed by atoms with E-state index < -0.39 is 0 Å². The van der Waals surface area contributed by atoms with Gasteiger partial charge in [0.1, 0.15) is 0 Å². The van der Waals surface area contributed by atoms with Gasteiger partial charge >= 0.3 is 0 Å². The van der Waals surface area contributed by atoms with Crippen LogP contribution in [0.25, 0.3) is 0 Å². The number of aliphatic imine (C=N–C) groups is 1. The summed E-state index contributed by atoms with van der Waals surface area (Å²) < 4.78 is 0. The summed E-state index contributed by atoms with van der Waals surface area (Å²) in [6.45, 7) is 6.07. The molecule has 29 heavy (non-hydrogen) atoms. The van der Waals surface area contributed by atoms with Gasteiger partial charge in [-0.3, -0.25) is 14.7 Å². The van der Waals surface area contributed by atoms with Crippen molar-refractivity contribution in [2.75, 3.05) is 33.2 Å². The zero-order valence-electron chi connectivity index (χ0n) is 17.9. The maximum absolute atomic E-state index is 11.3. The van der Waals surface area contributed by atoms with Crippen LogP contribution in [0.5, 0.6) is 0 Å². The number of hydrogen-bond donors (Lipinski definition) is 2. The van der Waals surface area contributed by atoms with Crippen molar-refractivity contribution in [2.45, 2.75) is 58.0 Å². The Hall–Kier alpha value is -2.08. The maximum Gasteiger partial charge on any atom is 0.217 e. The van der Waals surface area contributed by atoms with Crippen molar-refractivity contribution >= 4 is 11.9 Å². The van der Waals surface area contributed by atoms with Crippen LogP contribution >= 0.6 is 0 Å². The molecule has 0 bridgehead atoms. The number of nitrogens with two attached hydrogens (primary N) is 1. The second kappa shape index (κ2) is 11.2. The number of amides is 1. The van der Waals surface area contributed by atoms with Crippen molar-refractivity contribution in [1.29, 1.82) is 0 Å². The Kier molecular flexibility index (Phi) is 8.35. The normalized spacial score (nSPS) is 21.6. The zero-order valence-corrected chi connectivity index (χ0v) is 17.9. The van der Waals surface area contributed by atoms with Gasteiger partial charge in [0, 0.05) is 39.6 Å². The van der Waals surface area contributed by atoms with Gasteiger partial charge < -0.3 is 16.0 Å². The largest absolute Gasteiger partial charge is 0.370 e. The molecule has 1 unspecified atom stereocenters. The van der Waals surface area contributed by atoms with E-state index in [0.717, 1.165) is 45.0 Å². The van der Waals surface area contributed by atoms with Gasteiger partial charge in [0.15, 0.2) is 5.96 Å². The van der Waals surface area contributed by atoms with Gasteiger partial charge in [-0.2, -0.15) is 0 Å². The van der Waals surface area contributed by atoms with Crippen LogP contribution in [0.4, 0.5) is 0 Å². The number of likely N-dealkylation sites (tertiary alicyclic amines) is 2. The fourth-order valence-electron chi connectivity index (χ4n) is 4.61. The van der Waals surface area contributed by atoms with Crippen molar-refractivity contribution in [3.05, 3.63) is 35.4 Å². The van der Waals surface area contributed by atoms with Crippen molar-refractivity contribution in [1.82, 2.24) is 15.1 Å². The highest BCUT2D eigenvalue weighted by Gasteiger charge is 2.23. The molecule has 2 aliphatic rings. The summed E-state index contributed by atoms with van der Waals surface area (Å²) in [5.41, 5.74) is 8.07. The molecule has 2 fully saturated rings. The van der Waals surface area contributed by atoms with Gasteiger partial charge in [-0.05, 0) is 55.8 Å². The van der Waals surface area contributed by atoms with Crippen LogP contribution in [0.3, 0.4) is 0 Å². The van der Waals surface area contributed by atoms with Gasteiger partial charge in [-0.25, -0.2) is 0 Å². The molecule has 2 saturated heterocycles. The van der Waals surface area contributed by atoms with E-state index in [-0.39, 0.29) is 5.91 Å². The number of guanidine groups is 1. The van der Waals surface area contributed by atoms with Gasteiger partial charge in [0.05, 0.1) is 0 Å². The molecule has 0 aromatic heterocycles. The molecule has 0 radical (unpaired) electrons. The summed E-state index contributed by atoms with van der Waals surface area (Å²) in [7, 11) is 1.83. The lowest BCUT2D eigenvalue weighted by molar-refractivity contribution is -0.119. The molecule has 0 saturated carbocycles. The highest BCUT2D eigenvalue weighted by Crippen LogP contribution is 2.19. The van der Waals surface area contributed by atoms with E-state index in [9.17, 15) is 4.79 Å². The van der Waals surface area contributed by atoms with Gasteiger partial charge in [-0.15, -0.1) is 0 Å². The first-order valence-corrected chi connectivity index (χ1v) is 11.2. The van der Waals surface area contributed by atoms with Crippen molar-refractivity contribution in [2.24, 2.45) is 16.6 Å². The predicted octanol–water partition coefficient (Wildman–Crippen LogP) is 2.73. The van der Waals surface area contributed by atoms with Crippen LogP contribution < -0.4 is 11.1 Å². The molecule has 0 aliphatic carbocycles. The molecule has 2 heterocycles. The highest BCUT2D eigenvalue weighted by molar-refractivity contribution is 5.80. The van der Waals surface area contributed by atoms with E-state index in [1.807, 2.05) is 7.05 Å². The zero-order chi connectivity index (χ0) is 20.5. The van der Waals surface area contributed by atoms with E-state index in [2.05, 4.69) is 44.4 Å². The van der Waals surface area contributed by atoms with Crippen LogP contribution in [0.2, 0.25) is 0 Å². The average molecular weight is 400 g/mol. The lowest BCUT2D eigenvalue weighted by Crippen LogP contribution is -2.46. The summed E-state index contributed by atoms with van der Waals surface area (Å²) >= 11 is 0. The van der Waals surface area contributed by atoms with Gasteiger partial charge in [0.2, 0.25) is 5.91 Å². The van der Waals surface area contributed by atoms with Crippen molar-refractivity contribution in [3.8, 4) is 0 Å². The smallest absolute Gasteiger partial charge is 0.217 e. The number of nitrogens with zero attached hydrogens (tertiary/aromatic N) is 3. The fourth-order valence-corrected chi connectivity index (χ4v) is 4.61. The van der Waals surface area contributed by atoms with Gasteiger partial charge in [-0.1, -0.05) is 37.1 Å². The molecule has 3 N–H and O–H groups in total. The Bertz CT molecular complexity index is 682. The van der Waals surface area contributed by atoms with Gasteiger partial charge in [0.25, 0.3) is 0 Å². The number of primary amides is 1. The Balaban J connectivity index is 1.53. The van der Waals surface area contributed by atoms with Crippen molar-refractivity contribution < 1.29 is 4.79 Å². The molecular weight excluding hydrogens is 362 g/mol. The monoisotopic (exact) mass is 399 g/mol. The van der Waals surface area contributed by atoms with E-state index in [4.69, 9.17) is 5.73 Å². The minimum Gasteiger partial charge on any atom is -0.370 e. The van der Waals surface area contributed by atoms with E-state index in [1.54, 1.807) is 0 Å².